The van der Waals surface area contributed by atoms with E-state index in [9.17, 15) is 9.90 Å². The number of hydrogen-bond donors (Lipinski definition) is 2. The number of benzene rings is 1. The molecule has 25 heavy (non-hydrogen) atoms. The van der Waals surface area contributed by atoms with Crippen molar-refractivity contribution in [1.29, 1.82) is 0 Å². The molecule has 1 atom stereocenters. The summed E-state index contributed by atoms with van der Waals surface area (Å²) in [6.45, 7) is 1.37. The van der Waals surface area contributed by atoms with E-state index in [1.54, 1.807) is 16.7 Å². The second-order valence-electron chi connectivity index (χ2n) is 5.87. The van der Waals surface area contributed by atoms with E-state index in [0.717, 1.165) is 34.2 Å². The largest absolute Gasteiger partial charge is 0.391 e. The van der Waals surface area contributed by atoms with Gasteiger partial charge in [0.25, 0.3) is 5.91 Å². The Morgan fingerprint density at radius 2 is 2.12 bits per heavy atom. The molecule has 0 spiro atoms. The van der Waals surface area contributed by atoms with Gasteiger partial charge in [-0.15, -0.1) is 22.7 Å². The molecule has 1 fully saturated rings. The van der Waals surface area contributed by atoms with Gasteiger partial charge in [0.1, 0.15) is 10.7 Å². The topological polar surface area (TPSA) is 65.5 Å². The van der Waals surface area contributed by atoms with Crippen molar-refractivity contribution in [3.63, 3.8) is 0 Å². The van der Waals surface area contributed by atoms with E-state index < -0.39 is 0 Å². The van der Waals surface area contributed by atoms with Crippen molar-refractivity contribution in [1.82, 2.24) is 4.98 Å². The highest BCUT2D eigenvalue weighted by Gasteiger charge is 2.23. The zero-order valence-corrected chi connectivity index (χ0v) is 15.0. The fraction of sp³-hybridized carbons (Fsp3) is 0.222. The molecule has 1 aliphatic heterocycles. The minimum atomic E-state index is -0.310. The number of hydrogen-bond acceptors (Lipinski definition) is 6. The molecule has 1 aliphatic rings. The van der Waals surface area contributed by atoms with Gasteiger partial charge in [-0.25, -0.2) is 4.98 Å². The monoisotopic (exact) mass is 371 g/mol. The van der Waals surface area contributed by atoms with Crippen LogP contribution in [-0.2, 0) is 0 Å². The SMILES string of the molecule is O=C(Nc1ccccc1N1CCC(O)C1)c1csc(-c2cccs2)n1. The highest BCUT2D eigenvalue weighted by Crippen LogP contribution is 2.30. The summed E-state index contributed by atoms with van der Waals surface area (Å²) < 4.78 is 0. The molecule has 7 heteroatoms. The maximum Gasteiger partial charge on any atom is 0.275 e. The van der Waals surface area contributed by atoms with Gasteiger partial charge in [-0.1, -0.05) is 18.2 Å². The maximum absolute atomic E-state index is 12.6. The molecule has 2 N–H and O–H groups in total. The van der Waals surface area contributed by atoms with E-state index in [4.69, 9.17) is 0 Å². The Morgan fingerprint density at radius 1 is 1.24 bits per heavy atom. The van der Waals surface area contributed by atoms with Gasteiger partial charge >= 0.3 is 0 Å². The molecule has 0 bridgehead atoms. The molecule has 3 aromatic rings. The first-order valence-electron chi connectivity index (χ1n) is 8.03. The lowest BCUT2D eigenvalue weighted by Crippen LogP contribution is -2.23. The Hall–Kier alpha value is -2.22. The molecule has 0 aliphatic carbocycles. The van der Waals surface area contributed by atoms with E-state index in [2.05, 4.69) is 15.2 Å². The summed E-state index contributed by atoms with van der Waals surface area (Å²) in [5.41, 5.74) is 2.10. The molecule has 0 saturated carbocycles. The Balaban J connectivity index is 1.53. The van der Waals surface area contributed by atoms with E-state index in [-0.39, 0.29) is 12.0 Å². The number of carbonyl (C=O) groups excluding carboxylic acids is 1. The normalized spacial score (nSPS) is 17.0. The number of nitrogens with one attached hydrogen (secondary N) is 1. The van der Waals surface area contributed by atoms with Crippen LogP contribution in [0.2, 0.25) is 0 Å². The minimum Gasteiger partial charge on any atom is -0.391 e. The van der Waals surface area contributed by atoms with Crippen LogP contribution in [0.15, 0.2) is 47.2 Å². The number of rotatable bonds is 4. The summed E-state index contributed by atoms with van der Waals surface area (Å²) >= 11 is 3.08. The molecule has 2 aromatic heterocycles. The van der Waals surface area contributed by atoms with Crippen molar-refractivity contribution in [2.24, 2.45) is 0 Å². The van der Waals surface area contributed by atoms with E-state index >= 15 is 0 Å². The molecule has 0 radical (unpaired) electrons. The van der Waals surface area contributed by atoms with Crippen LogP contribution in [-0.4, -0.2) is 35.2 Å². The lowest BCUT2D eigenvalue weighted by atomic mass is 10.2. The number of β-amino-alcohol motifs (C(OH)–C–C–N with tert-alkyl or cyclic N) is 1. The first-order chi connectivity index (χ1) is 12.2. The maximum atomic E-state index is 12.6. The number of para-hydroxylation sites is 2. The zero-order chi connectivity index (χ0) is 17.2. The Labute approximate surface area is 153 Å². The minimum absolute atomic E-state index is 0.216. The van der Waals surface area contributed by atoms with Gasteiger partial charge in [0, 0.05) is 18.5 Å². The molecule has 5 nitrogen and oxygen atoms in total. The Morgan fingerprint density at radius 3 is 2.88 bits per heavy atom. The standard InChI is InChI=1S/C18H17N3O2S2/c22-12-7-8-21(10-12)15-5-2-1-4-13(15)19-17(23)14-11-25-18(20-14)16-6-3-9-24-16/h1-6,9,11-12,22H,7-8,10H2,(H,19,23). The third-order valence-electron chi connectivity index (χ3n) is 4.13. The van der Waals surface area contributed by atoms with Crippen LogP contribution in [0, 0.1) is 0 Å². The number of aliphatic hydroxyl groups excluding tert-OH is 1. The zero-order valence-electron chi connectivity index (χ0n) is 13.4. The summed E-state index contributed by atoms with van der Waals surface area (Å²) in [6, 6.07) is 11.6. The third-order valence-corrected chi connectivity index (χ3v) is 6.01. The van der Waals surface area contributed by atoms with Gasteiger partial charge in [-0.05, 0) is 30.0 Å². The van der Waals surface area contributed by atoms with Gasteiger partial charge in [0.15, 0.2) is 0 Å². The lowest BCUT2D eigenvalue weighted by molar-refractivity contribution is 0.102. The number of aromatic nitrogens is 1. The fourth-order valence-electron chi connectivity index (χ4n) is 2.89. The summed E-state index contributed by atoms with van der Waals surface area (Å²) in [4.78, 5) is 20.2. The molecule has 1 unspecified atom stereocenters. The van der Waals surface area contributed by atoms with Crippen LogP contribution in [0.3, 0.4) is 0 Å². The molecule has 128 valence electrons. The van der Waals surface area contributed by atoms with Crippen molar-refractivity contribution < 1.29 is 9.90 Å². The molecule has 1 amide bonds. The van der Waals surface area contributed by atoms with Gasteiger partial charge in [0.05, 0.1) is 22.4 Å². The second kappa shape index (κ2) is 6.95. The fourth-order valence-corrected chi connectivity index (χ4v) is 4.51. The lowest BCUT2D eigenvalue weighted by Gasteiger charge is -2.21. The van der Waals surface area contributed by atoms with Crippen molar-refractivity contribution >= 4 is 40.0 Å². The van der Waals surface area contributed by atoms with Crippen LogP contribution in [0.1, 0.15) is 16.9 Å². The van der Waals surface area contributed by atoms with Crippen LogP contribution in [0.25, 0.3) is 9.88 Å². The first kappa shape index (κ1) is 16.3. The van der Waals surface area contributed by atoms with Crippen LogP contribution >= 0.6 is 22.7 Å². The molecule has 4 rings (SSSR count). The molecular weight excluding hydrogens is 354 g/mol. The summed E-state index contributed by atoms with van der Waals surface area (Å²) in [7, 11) is 0. The van der Waals surface area contributed by atoms with Crippen molar-refractivity contribution in [2.75, 3.05) is 23.3 Å². The number of carbonyl (C=O) groups is 1. The van der Waals surface area contributed by atoms with Crippen LogP contribution in [0.4, 0.5) is 11.4 Å². The smallest absolute Gasteiger partial charge is 0.275 e. The number of anilines is 2. The summed E-state index contributed by atoms with van der Waals surface area (Å²) in [5, 5.41) is 17.4. The highest BCUT2D eigenvalue weighted by molar-refractivity contribution is 7.20. The van der Waals surface area contributed by atoms with Crippen molar-refractivity contribution in [2.45, 2.75) is 12.5 Å². The second-order valence-corrected chi connectivity index (χ2v) is 7.68. The Kier molecular flexibility index (Phi) is 4.52. The van der Waals surface area contributed by atoms with Gasteiger partial charge < -0.3 is 15.3 Å². The number of aliphatic hydroxyl groups is 1. The first-order valence-corrected chi connectivity index (χ1v) is 9.79. The predicted molar refractivity (Wildman–Crippen MR) is 103 cm³/mol. The van der Waals surface area contributed by atoms with Gasteiger partial charge in [0.2, 0.25) is 0 Å². The van der Waals surface area contributed by atoms with E-state index in [1.165, 1.54) is 11.3 Å². The quantitative estimate of drug-likeness (QED) is 0.734. The molecule has 3 heterocycles. The average molecular weight is 371 g/mol. The van der Waals surface area contributed by atoms with E-state index in [0.29, 0.717) is 12.2 Å². The van der Waals surface area contributed by atoms with Gasteiger partial charge in [-0.3, -0.25) is 4.79 Å². The van der Waals surface area contributed by atoms with Crippen molar-refractivity contribution in [3.05, 3.63) is 52.9 Å². The van der Waals surface area contributed by atoms with Crippen LogP contribution in [0.5, 0.6) is 0 Å². The number of thiazole rings is 1. The average Bonchev–Trinajstić information content (AvgIpc) is 3.36. The summed E-state index contributed by atoms with van der Waals surface area (Å²) in [5.74, 6) is -0.216. The Bertz CT molecular complexity index is 876. The molecule has 1 saturated heterocycles. The number of nitrogens with zero attached hydrogens (tertiary/aromatic N) is 2. The van der Waals surface area contributed by atoms with Crippen LogP contribution < -0.4 is 10.2 Å². The summed E-state index contributed by atoms with van der Waals surface area (Å²) in [6.07, 6.45) is 0.439. The predicted octanol–water partition coefficient (Wildman–Crippen LogP) is 3.69. The number of amides is 1. The van der Waals surface area contributed by atoms with Crippen molar-refractivity contribution in [3.8, 4) is 9.88 Å². The third kappa shape index (κ3) is 3.44. The number of thiophene rings is 1. The molecular formula is C18H17N3O2S2. The molecule has 1 aromatic carbocycles. The van der Waals surface area contributed by atoms with Gasteiger partial charge in [-0.2, -0.15) is 0 Å². The van der Waals surface area contributed by atoms with E-state index in [1.807, 2.05) is 41.8 Å². The highest BCUT2D eigenvalue weighted by atomic mass is 32.1.